The van der Waals surface area contributed by atoms with Gasteiger partial charge in [-0.05, 0) is 121 Å². The van der Waals surface area contributed by atoms with E-state index in [1.54, 1.807) is 0 Å². The number of benzene rings is 11. The predicted molar refractivity (Wildman–Crippen MR) is 303 cm³/mol. The van der Waals surface area contributed by atoms with E-state index in [9.17, 15) is 30.2 Å². The topological polar surface area (TPSA) is 0 Å². The van der Waals surface area contributed by atoms with Crippen LogP contribution in [0.1, 0.15) is 82.6 Å². The lowest BCUT2D eigenvalue weighted by Crippen LogP contribution is -2.26. The van der Waals surface area contributed by atoms with E-state index in [4.69, 9.17) is 53.8 Å². The zero-order chi connectivity index (χ0) is 84.5. The standard InChI is InChI=1S/C65H44P2S2/c68-66(50-18-5-1-6-19-50,51-20-7-2-8-21-51)54-36-29-45(30-37-54)48-33-40-57-58-41-34-49(46-31-38-55(39-32-46)67(69,52-22-9-3-10-23-52)53-24-11-4-12-25-53)44-63(58)65(62(57)43-48)60-28-16-15-27-59(60)64-56-26-14-13-17-47(56)35-42-61(64)65/h1-44H/i1D,2D,3D,4D,5D,6D,7D,8D,9D,10D,11D,12D,13D,14D,15D,16D,17D,18D,19D,20D,21D,22D,23D,24D,25D,26D,27D,28D,29D,30D,31D,32D,33D,34D,35D,36D,37D,38D,39D,40D,41D,42D,43D,44D. The fourth-order valence-electron chi connectivity index (χ4n) is 8.42. The van der Waals surface area contributed by atoms with Crippen LogP contribution in [0.4, 0.5) is 0 Å². The highest BCUT2D eigenvalue weighted by Gasteiger charge is 2.52. The second-order valence-electron chi connectivity index (χ2n) is 14.8. The second-order valence-corrected chi connectivity index (χ2v) is 23.2. The van der Waals surface area contributed by atoms with Crippen LogP contribution in [-0.2, 0) is 29.0 Å². The summed E-state index contributed by atoms with van der Waals surface area (Å²) in [6.45, 7) is 0. The van der Waals surface area contributed by atoms with Crippen molar-refractivity contribution in [2.24, 2.45) is 0 Å². The fraction of sp³-hybridized carbons (Fsp3) is 0.0154. The number of hydrogen-bond acceptors (Lipinski definition) is 2. The lowest BCUT2D eigenvalue weighted by molar-refractivity contribution is 0.795. The van der Waals surface area contributed by atoms with Crippen LogP contribution < -0.4 is 31.8 Å². The molecule has 0 unspecified atom stereocenters. The Bertz CT molecular complexity index is 5950. The minimum Gasteiger partial charge on any atom is -0.0826 e. The van der Waals surface area contributed by atoms with Gasteiger partial charge in [-0.1, -0.05) is 277 Å². The molecule has 1 spiro atoms. The normalized spacial score (nSPS) is 22.1. The summed E-state index contributed by atoms with van der Waals surface area (Å²) in [6, 6.07) is -64.4. The van der Waals surface area contributed by atoms with Gasteiger partial charge in [0.2, 0.25) is 0 Å². The average molecular weight is 995 g/mol. The molecule has 0 nitrogen and oxygen atoms in total. The maximum atomic E-state index is 10.8. The Kier molecular flexibility index (Phi) is 3.98. The summed E-state index contributed by atoms with van der Waals surface area (Å²) in [4.78, 5) is 0. The Balaban J connectivity index is 1.25. The van der Waals surface area contributed by atoms with Crippen LogP contribution in [0.15, 0.2) is 266 Å². The Morgan fingerprint density at radius 1 is 0.290 bits per heavy atom. The zero-order valence-electron chi connectivity index (χ0n) is 78.2. The molecule has 13 rings (SSSR count). The molecule has 326 valence electrons. The molecule has 0 amide bonds. The second kappa shape index (κ2) is 16.6. The van der Waals surface area contributed by atoms with Crippen molar-refractivity contribution in [1.82, 2.24) is 0 Å². The molecule has 0 fully saturated rings. The first-order chi connectivity index (χ1) is 52.3. The van der Waals surface area contributed by atoms with Gasteiger partial charge in [-0.3, -0.25) is 0 Å². The van der Waals surface area contributed by atoms with Crippen molar-refractivity contribution in [2.75, 3.05) is 0 Å². The Morgan fingerprint density at radius 3 is 1.13 bits per heavy atom. The van der Waals surface area contributed by atoms with Crippen molar-refractivity contribution in [3.05, 3.63) is 288 Å². The maximum Gasteiger partial charge on any atom is 0.0726 e. The summed E-state index contributed by atoms with van der Waals surface area (Å²) >= 11 is 12.5. The van der Waals surface area contributed by atoms with Crippen molar-refractivity contribution in [3.63, 3.8) is 0 Å². The van der Waals surface area contributed by atoms with Crippen molar-refractivity contribution >= 4 is 78.3 Å². The quantitative estimate of drug-likeness (QED) is 0.139. The highest BCUT2D eigenvalue weighted by Crippen LogP contribution is 2.64. The van der Waals surface area contributed by atoms with E-state index in [0.29, 0.717) is 0 Å². The summed E-state index contributed by atoms with van der Waals surface area (Å²) in [6.07, 6.45) is 0. The van der Waals surface area contributed by atoms with E-state index in [1.165, 1.54) is 0 Å². The van der Waals surface area contributed by atoms with Crippen LogP contribution in [0.5, 0.6) is 0 Å². The molecule has 0 bridgehead atoms. The van der Waals surface area contributed by atoms with Crippen LogP contribution in [0.2, 0.25) is 0 Å². The zero-order valence-corrected chi connectivity index (χ0v) is 37.6. The van der Waals surface area contributed by atoms with Crippen LogP contribution >= 0.6 is 12.1 Å². The lowest BCUT2D eigenvalue weighted by atomic mass is 9.69. The Hall–Kier alpha value is -7.02. The number of hydrogen-bond donors (Lipinski definition) is 0. The minimum absolute atomic E-state index is 0.800. The van der Waals surface area contributed by atoms with Gasteiger partial charge >= 0.3 is 0 Å². The molecular weight excluding hydrogens is 907 g/mol. The third-order valence-electron chi connectivity index (χ3n) is 11.4. The van der Waals surface area contributed by atoms with Gasteiger partial charge in [0.25, 0.3) is 0 Å². The predicted octanol–water partition coefficient (Wildman–Crippen LogP) is 14.0. The van der Waals surface area contributed by atoms with Gasteiger partial charge in [0.15, 0.2) is 0 Å². The van der Waals surface area contributed by atoms with Crippen LogP contribution in [-0.4, -0.2) is 0 Å². The summed E-state index contributed by atoms with van der Waals surface area (Å²) in [5.74, 6) is 0. The molecule has 0 radical (unpaired) electrons. The monoisotopic (exact) mass is 995 g/mol. The van der Waals surface area contributed by atoms with Crippen molar-refractivity contribution in [3.8, 4) is 44.5 Å². The molecule has 11 aromatic carbocycles. The third-order valence-corrected chi connectivity index (χ3v) is 19.8. The Labute approximate surface area is 476 Å². The number of fused-ring (bicyclic) bond motifs is 12. The average Bonchev–Trinajstić information content (AvgIpc) is 1.47. The maximum absolute atomic E-state index is 10.8. The van der Waals surface area contributed by atoms with Crippen LogP contribution in [0.25, 0.3) is 55.3 Å². The summed E-state index contributed by atoms with van der Waals surface area (Å²) < 4.78 is 413. The molecule has 11 aromatic rings. The smallest absolute Gasteiger partial charge is 0.0726 e. The number of rotatable bonds is 8. The highest BCUT2D eigenvalue weighted by molar-refractivity contribution is 8.26. The largest absolute Gasteiger partial charge is 0.0826 e. The van der Waals surface area contributed by atoms with E-state index in [2.05, 4.69) is 0 Å². The molecule has 69 heavy (non-hydrogen) atoms. The van der Waals surface area contributed by atoms with Crippen molar-refractivity contribution in [1.29, 1.82) is 0 Å². The third kappa shape index (κ3) is 6.41. The molecule has 2 aliphatic rings. The molecule has 0 aliphatic heterocycles. The SMILES string of the molecule is [2H]c1c([2H])c([2H])c(P(=S)(c2c([2H])c([2H])c([2H])c([2H])c2[2H])c2c([2H])c([2H])c(-c3c([2H])c([2H])c4c(c3[2H])C3(c5c([2H])c(-c6c([2H])c([2H])c(P(=S)(c7c([2H])c([2H])c([2H])c([2H])c7[2H])c7c([2H])c([2H])c([2H])c([2H])c7[2H])c([2H])c6[2H])c([2H])c([2H])c5-4)c4c([2H])c([2H])c([2H])c([2H])c4-c4c3c([2H])c([2H])c3c([2H])c([2H])c([2H])c([2H])c43)c([2H])c2[2H])c([2H])c1[2H]. The Morgan fingerprint density at radius 2 is 0.667 bits per heavy atom. The molecule has 2 aliphatic carbocycles. The van der Waals surface area contributed by atoms with Gasteiger partial charge in [-0.15, -0.1) is 0 Å². The van der Waals surface area contributed by atoms with Crippen LogP contribution in [0.3, 0.4) is 0 Å². The van der Waals surface area contributed by atoms with Crippen molar-refractivity contribution in [2.45, 2.75) is 5.41 Å². The van der Waals surface area contributed by atoms with Gasteiger partial charge < -0.3 is 0 Å². The molecule has 0 heterocycles. The summed E-state index contributed by atoms with van der Waals surface area (Å²) in [5.41, 5.74) is -16.1. The van der Waals surface area contributed by atoms with Gasteiger partial charge in [0, 0.05) is 12.1 Å². The molecule has 0 saturated carbocycles. The molecule has 0 atom stereocenters. The minimum atomic E-state index is -5.34. The molecule has 0 N–H and O–H groups in total. The van der Waals surface area contributed by atoms with E-state index in [1.807, 2.05) is 0 Å². The van der Waals surface area contributed by atoms with E-state index in [0.717, 1.165) is 0 Å². The van der Waals surface area contributed by atoms with E-state index in [-0.39, 0.29) is 0 Å². The first-order valence-electron chi connectivity index (χ1n) is 42.0. The fourth-order valence-corrected chi connectivity index (χ4v) is 14.0. The van der Waals surface area contributed by atoms with Gasteiger partial charge in [0.1, 0.15) is 0 Å². The van der Waals surface area contributed by atoms with Gasteiger partial charge in [-0.25, -0.2) is 0 Å². The van der Waals surface area contributed by atoms with E-state index >= 15 is 0 Å². The van der Waals surface area contributed by atoms with Gasteiger partial charge in [0.05, 0.1) is 65.7 Å². The summed E-state index contributed by atoms with van der Waals surface area (Å²) in [7, 11) is 0. The molecular formula is C65H44P2S2. The lowest BCUT2D eigenvalue weighted by Gasteiger charge is -2.31. The molecule has 0 aromatic heterocycles. The van der Waals surface area contributed by atoms with Crippen molar-refractivity contribution < 1.29 is 60.3 Å². The van der Waals surface area contributed by atoms with E-state index < -0.39 is 393 Å². The van der Waals surface area contributed by atoms with Crippen LogP contribution in [0, 0.1) is 0 Å². The first kappa shape index (κ1) is 16.6. The molecule has 0 saturated heterocycles. The first-order valence-corrected chi connectivity index (χ1v) is 25.6. The summed E-state index contributed by atoms with van der Waals surface area (Å²) in [5, 5.41) is -8.13. The molecule has 4 heteroatoms. The highest BCUT2D eigenvalue weighted by atomic mass is 32.4. The van der Waals surface area contributed by atoms with Gasteiger partial charge in [-0.2, -0.15) is 0 Å².